The van der Waals surface area contributed by atoms with Gasteiger partial charge in [0.2, 0.25) is 0 Å². The molecule has 0 unspecified atom stereocenters. The van der Waals surface area contributed by atoms with Crippen LogP contribution in [0.4, 0.5) is 0 Å². The van der Waals surface area contributed by atoms with Gasteiger partial charge in [0.15, 0.2) is 0 Å². The zero-order chi connectivity index (χ0) is 21.3. The fourth-order valence-corrected chi connectivity index (χ4v) is 2.45. The summed E-state index contributed by atoms with van der Waals surface area (Å²) in [5, 5.41) is 8.16. The van der Waals surface area contributed by atoms with Crippen LogP contribution >= 0.6 is 0 Å². The van der Waals surface area contributed by atoms with Gasteiger partial charge in [0, 0.05) is 47.0 Å². The van der Waals surface area contributed by atoms with Crippen molar-refractivity contribution in [1.29, 1.82) is 0 Å². The van der Waals surface area contributed by atoms with E-state index in [0.29, 0.717) is 22.6 Å². The molecular formula is C22H20N6O2. The van der Waals surface area contributed by atoms with Gasteiger partial charge in [0.05, 0.1) is 11.4 Å². The number of carbonyl (C=O) groups excluding carboxylic acids is 2. The molecule has 0 aliphatic heterocycles. The highest BCUT2D eigenvalue weighted by Gasteiger charge is 2.09. The molecule has 0 aliphatic rings. The lowest BCUT2D eigenvalue weighted by Gasteiger charge is -2.05. The summed E-state index contributed by atoms with van der Waals surface area (Å²) in [6.07, 6.45) is 6.66. The molecule has 0 bridgehead atoms. The van der Waals surface area contributed by atoms with E-state index in [1.165, 1.54) is 0 Å². The Labute approximate surface area is 173 Å². The van der Waals surface area contributed by atoms with Gasteiger partial charge in [-0.3, -0.25) is 19.6 Å². The van der Waals surface area contributed by atoms with Crippen molar-refractivity contribution < 1.29 is 9.59 Å². The Kier molecular flexibility index (Phi) is 6.73. The van der Waals surface area contributed by atoms with Gasteiger partial charge >= 0.3 is 0 Å². The molecule has 0 radical (unpaired) electrons. The predicted octanol–water partition coefficient (Wildman–Crippen LogP) is 2.78. The number of nitrogens with zero attached hydrogens (tertiary/aromatic N) is 4. The minimum absolute atomic E-state index is 0.379. The van der Waals surface area contributed by atoms with Crippen LogP contribution in [0.3, 0.4) is 0 Å². The quantitative estimate of drug-likeness (QED) is 0.490. The van der Waals surface area contributed by atoms with Gasteiger partial charge in [-0.05, 0) is 50.2 Å². The Bertz CT molecular complexity index is 989. The third-order valence-corrected chi connectivity index (χ3v) is 4.22. The molecule has 2 heterocycles. The van der Waals surface area contributed by atoms with Crippen molar-refractivity contribution >= 4 is 23.2 Å². The molecular weight excluding hydrogens is 380 g/mol. The summed E-state index contributed by atoms with van der Waals surface area (Å²) in [6.45, 7) is 3.55. The topological polar surface area (TPSA) is 109 Å². The molecule has 0 aliphatic carbocycles. The van der Waals surface area contributed by atoms with E-state index < -0.39 is 0 Å². The van der Waals surface area contributed by atoms with Gasteiger partial charge in [-0.25, -0.2) is 10.9 Å². The number of benzene rings is 1. The first-order valence-electron chi connectivity index (χ1n) is 9.14. The average molecular weight is 400 g/mol. The van der Waals surface area contributed by atoms with Crippen molar-refractivity contribution in [2.24, 2.45) is 10.2 Å². The maximum absolute atomic E-state index is 12.3. The molecule has 0 atom stereocenters. The second kappa shape index (κ2) is 9.83. The van der Waals surface area contributed by atoms with Crippen LogP contribution in [0, 0.1) is 0 Å². The fraction of sp³-hybridized carbons (Fsp3) is 0.0909. The summed E-state index contributed by atoms with van der Waals surface area (Å²) < 4.78 is 0. The summed E-state index contributed by atoms with van der Waals surface area (Å²) in [6, 6.07) is 13.5. The number of pyridine rings is 2. The molecule has 0 saturated carbocycles. The Hall–Kier alpha value is -4.20. The lowest BCUT2D eigenvalue weighted by Crippen LogP contribution is -2.21. The fourth-order valence-electron chi connectivity index (χ4n) is 2.45. The number of hydrogen-bond donors (Lipinski definition) is 2. The molecule has 2 aromatic heterocycles. The summed E-state index contributed by atoms with van der Waals surface area (Å²) in [7, 11) is 0. The monoisotopic (exact) mass is 400 g/mol. The van der Waals surface area contributed by atoms with Crippen LogP contribution in [0.25, 0.3) is 0 Å². The molecule has 3 aromatic rings. The smallest absolute Gasteiger partial charge is 0.267 e. The first kappa shape index (κ1) is 20.5. The number of carbonyl (C=O) groups is 2. The second-order valence-electron chi connectivity index (χ2n) is 6.34. The highest BCUT2D eigenvalue weighted by atomic mass is 16.2. The van der Waals surface area contributed by atoms with E-state index in [2.05, 4.69) is 31.0 Å². The van der Waals surface area contributed by atoms with E-state index in [1.54, 1.807) is 75.0 Å². The zero-order valence-corrected chi connectivity index (χ0v) is 16.5. The maximum Gasteiger partial charge on any atom is 0.271 e. The number of amides is 2. The molecule has 2 N–H and O–H groups in total. The zero-order valence-electron chi connectivity index (χ0n) is 16.5. The van der Waals surface area contributed by atoms with E-state index >= 15 is 0 Å². The van der Waals surface area contributed by atoms with Crippen LogP contribution in [0.15, 0.2) is 83.5 Å². The molecule has 0 spiro atoms. The van der Waals surface area contributed by atoms with Crippen molar-refractivity contribution in [1.82, 2.24) is 20.8 Å². The third kappa shape index (κ3) is 5.41. The number of rotatable bonds is 6. The van der Waals surface area contributed by atoms with E-state index in [0.717, 1.165) is 11.1 Å². The lowest BCUT2D eigenvalue weighted by atomic mass is 10.1. The molecule has 8 nitrogen and oxygen atoms in total. The lowest BCUT2D eigenvalue weighted by molar-refractivity contribution is 0.0943. The van der Waals surface area contributed by atoms with Gasteiger partial charge in [0.1, 0.15) is 0 Å². The van der Waals surface area contributed by atoms with Gasteiger partial charge in [-0.1, -0.05) is 12.1 Å². The van der Waals surface area contributed by atoms with E-state index in [4.69, 9.17) is 0 Å². The third-order valence-electron chi connectivity index (χ3n) is 4.22. The molecule has 150 valence electrons. The van der Waals surface area contributed by atoms with Crippen molar-refractivity contribution in [3.63, 3.8) is 0 Å². The van der Waals surface area contributed by atoms with Crippen molar-refractivity contribution in [2.75, 3.05) is 0 Å². The Morgan fingerprint density at radius 1 is 0.667 bits per heavy atom. The van der Waals surface area contributed by atoms with Crippen molar-refractivity contribution in [3.05, 3.63) is 95.6 Å². The summed E-state index contributed by atoms with van der Waals surface area (Å²) in [4.78, 5) is 32.6. The van der Waals surface area contributed by atoms with Gasteiger partial charge < -0.3 is 0 Å². The minimum Gasteiger partial charge on any atom is -0.267 e. The van der Waals surface area contributed by atoms with Crippen LogP contribution < -0.4 is 10.9 Å². The van der Waals surface area contributed by atoms with Crippen molar-refractivity contribution in [2.45, 2.75) is 13.8 Å². The van der Waals surface area contributed by atoms with Crippen LogP contribution in [-0.2, 0) is 0 Å². The van der Waals surface area contributed by atoms with E-state index in [1.807, 2.05) is 12.1 Å². The maximum atomic E-state index is 12.3. The van der Waals surface area contributed by atoms with Crippen molar-refractivity contribution in [3.8, 4) is 0 Å². The predicted molar refractivity (Wildman–Crippen MR) is 114 cm³/mol. The molecule has 3 rings (SSSR count). The first-order valence-corrected chi connectivity index (χ1v) is 9.14. The molecule has 30 heavy (non-hydrogen) atoms. The Morgan fingerprint density at radius 2 is 1.07 bits per heavy atom. The van der Waals surface area contributed by atoms with Crippen LogP contribution in [0.1, 0.15) is 45.7 Å². The van der Waals surface area contributed by atoms with Gasteiger partial charge in [-0.2, -0.15) is 10.2 Å². The summed E-state index contributed by atoms with van der Waals surface area (Å²) in [5.74, 6) is -0.758. The summed E-state index contributed by atoms with van der Waals surface area (Å²) in [5.41, 5.74) is 8.64. The molecule has 8 heteroatoms. The van der Waals surface area contributed by atoms with E-state index in [9.17, 15) is 9.59 Å². The Morgan fingerprint density at radius 3 is 1.40 bits per heavy atom. The SMILES string of the molecule is C/C(=N\NC(=O)c1ccc(C(=O)N/N=C(\C)c2cccnc2)cc1)c1cccnc1. The largest absolute Gasteiger partial charge is 0.271 e. The summed E-state index contributed by atoms with van der Waals surface area (Å²) >= 11 is 0. The molecule has 2 amide bonds. The number of hydrogen-bond acceptors (Lipinski definition) is 6. The number of nitrogens with one attached hydrogen (secondary N) is 2. The first-order chi connectivity index (χ1) is 14.5. The molecule has 1 aromatic carbocycles. The molecule has 0 saturated heterocycles. The molecule has 0 fully saturated rings. The Balaban J connectivity index is 1.60. The standard InChI is InChI=1S/C22H20N6O2/c1-15(19-5-3-11-23-13-19)25-27-21(29)17-7-9-18(10-8-17)22(30)28-26-16(2)20-6-4-12-24-14-20/h3-14H,1-2H3,(H,27,29)(H,28,30)/b25-15+,26-16+. The minimum atomic E-state index is -0.379. The highest BCUT2D eigenvalue weighted by molar-refractivity contribution is 6.02. The van der Waals surface area contributed by atoms with Crippen LogP contribution in [0.5, 0.6) is 0 Å². The highest BCUT2D eigenvalue weighted by Crippen LogP contribution is 2.06. The normalized spacial score (nSPS) is 11.7. The second-order valence-corrected chi connectivity index (χ2v) is 6.34. The van der Waals surface area contributed by atoms with Crippen LogP contribution in [-0.4, -0.2) is 33.2 Å². The van der Waals surface area contributed by atoms with Crippen LogP contribution in [0.2, 0.25) is 0 Å². The number of hydrazone groups is 2. The number of aromatic nitrogens is 2. The van der Waals surface area contributed by atoms with Gasteiger partial charge in [0.25, 0.3) is 11.8 Å². The van der Waals surface area contributed by atoms with E-state index in [-0.39, 0.29) is 11.8 Å². The average Bonchev–Trinajstić information content (AvgIpc) is 2.81. The van der Waals surface area contributed by atoms with Gasteiger partial charge in [-0.15, -0.1) is 0 Å².